The molecule has 0 saturated heterocycles. The summed E-state index contributed by atoms with van der Waals surface area (Å²) in [6.45, 7) is 3.46. The van der Waals surface area contributed by atoms with Gasteiger partial charge in [0.25, 0.3) is 0 Å². The fourth-order valence-corrected chi connectivity index (χ4v) is 3.14. The minimum atomic E-state index is -1.31. The van der Waals surface area contributed by atoms with Gasteiger partial charge in [-0.05, 0) is 30.2 Å². The molecule has 6 nitrogen and oxygen atoms in total. The number of benzene rings is 1. The van der Waals surface area contributed by atoms with Gasteiger partial charge in [-0.15, -0.1) is 0 Å². The predicted molar refractivity (Wildman–Crippen MR) is 91.4 cm³/mol. The maximum absolute atomic E-state index is 12.7. The van der Waals surface area contributed by atoms with Crippen LogP contribution in [0.1, 0.15) is 30.7 Å². The Morgan fingerprint density at radius 2 is 2.00 bits per heavy atom. The van der Waals surface area contributed by atoms with Crippen LogP contribution in [0.5, 0.6) is 0 Å². The van der Waals surface area contributed by atoms with Gasteiger partial charge in [0, 0.05) is 19.9 Å². The van der Waals surface area contributed by atoms with E-state index in [0.717, 1.165) is 11.1 Å². The highest BCUT2D eigenvalue weighted by Gasteiger charge is 2.34. The van der Waals surface area contributed by atoms with E-state index in [1.807, 2.05) is 24.3 Å². The summed E-state index contributed by atoms with van der Waals surface area (Å²) in [4.78, 5) is 26.3. The number of amides is 2. The van der Waals surface area contributed by atoms with Crippen molar-refractivity contribution in [3.05, 3.63) is 59.5 Å². The zero-order valence-electron chi connectivity index (χ0n) is 14.4. The molecule has 2 heterocycles. The largest absolute Gasteiger partial charge is 0.466 e. The number of carbonyl (C=O) groups excluding carboxylic acids is 2. The van der Waals surface area contributed by atoms with Gasteiger partial charge in [-0.25, -0.2) is 0 Å². The lowest BCUT2D eigenvalue weighted by Crippen LogP contribution is -2.53. The molecule has 3 rings (SSSR count). The van der Waals surface area contributed by atoms with Crippen LogP contribution in [0.2, 0.25) is 0 Å². The van der Waals surface area contributed by atoms with Gasteiger partial charge in [-0.1, -0.05) is 24.3 Å². The van der Waals surface area contributed by atoms with E-state index in [0.29, 0.717) is 18.7 Å². The van der Waals surface area contributed by atoms with Crippen LogP contribution in [0.25, 0.3) is 0 Å². The molecule has 2 aromatic rings. The monoisotopic (exact) mass is 342 g/mol. The molecule has 1 aliphatic heterocycles. The van der Waals surface area contributed by atoms with E-state index in [1.54, 1.807) is 24.0 Å². The maximum Gasteiger partial charge on any atom is 0.243 e. The molecule has 25 heavy (non-hydrogen) atoms. The lowest BCUT2D eigenvalue weighted by molar-refractivity contribution is -0.140. The number of fused-ring (bicyclic) bond motifs is 1. The number of furan rings is 1. The fourth-order valence-electron chi connectivity index (χ4n) is 3.14. The third-order valence-electron chi connectivity index (χ3n) is 4.61. The zero-order valence-corrected chi connectivity index (χ0v) is 14.4. The molecule has 0 saturated carbocycles. The van der Waals surface area contributed by atoms with E-state index in [-0.39, 0.29) is 18.4 Å². The number of aliphatic hydroxyl groups is 1. The summed E-state index contributed by atoms with van der Waals surface area (Å²) >= 11 is 0. The van der Waals surface area contributed by atoms with Gasteiger partial charge in [-0.3, -0.25) is 9.59 Å². The van der Waals surface area contributed by atoms with Crippen LogP contribution in [0.15, 0.2) is 47.1 Å². The van der Waals surface area contributed by atoms with Crippen molar-refractivity contribution in [2.24, 2.45) is 0 Å². The lowest BCUT2D eigenvalue weighted by Gasteiger charge is -2.36. The molecule has 2 N–H and O–H groups in total. The van der Waals surface area contributed by atoms with Crippen LogP contribution < -0.4 is 5.32 Å². The topological polar surface area (TPSA) is 82.8 Å². The second-order valence-electron chi connectivity index (χ2n) is 6.60. The van der Waals surface area contributed by atoms with E-state index in [4.69, 9.17) is 4.42 Å². The summed E-state index contributed by atoms with van der Waals surface area (Å²) in [5.74, 6) is -0.0470. The van der Waals surface area contributed by atoms with Crippen LogP contribution in [-0.4, -0.2) is 34.4 Å². The first kappa shape index (κ1) is 17.2. The Kier molecular flexibility index (Phi) is 4.63. The molecule has 0 radical (unpaired) electrons. The summed E-state index contributed by atoms with van der Waals surface area (Å²) in [7, 11) is 0. The van der Waals surface area contributed by atoms with Crippen LogP contribution in [0, 0.1) is 0 Å². The molecule has 132 valence electrons. The summed E-state index contributed by atoms with van der Waals surface area (Å²) in [6.07, 6.45) is 1.94. The van der Waals surface area contributed by atoms with E-state index in [9.17, 15) is 14.7 Å². The third-order valence-corrected chi connectivity index (χ3v) is 4.61. The molecular formula is C19H22N2O4. The SMILES string of the molecule is CC(=O)N1Cc2ccccc2C[C@H]1C(=O)NC[C@](C)(O)c1ccco1. The smallest absolute Gasteiger partial charge is 0.243 e. The molecule has 2 amide bonds. The zero-order chi connectivity index (χ0) is 18.0. The van der Waals surface area contributed by atoms with Gasteiger partial charge in [-0.2, -0.15) is 0 Å². The van der Waals surface area contributed by atoms with Crippen molar-refractivity contribution in [1.29, 1.82) is 0 Å². The van der Waals surface area contributed by atoms with Gasteiger partial charge in [0.05, 0.1) is 12.8 Å². The number of rotatable bonds is 4. The van der Waals surface area contributed by atoms with E-state index in [1.165, 1.54) is 13.2 Å². The molecule has 0 fully saturated rings. The Morgan fingerprint density at radius 1 is 1.28 bits per heavy atom. The summed E-state index contributed by atoms with van der Waals surface area (Å²) in [5, 5.41) is 13.2. The number of nitrogens with one attached hydrogen (secondary N) is 1. The fraction of sp³-hybridized carbons (Fsp3) is 0.368. The van der Waals surface area contributed by atoms with Crippen LogP contribution in [0.4, 0.5) is 0 Å². The summed E-state index contributed by atoms with van der Waals surface area (Å²) in [6, 6.07) is 10.6. The number of hydrogen-bond acceptors (Lipinski definition) is 4. The van der Waals surface area contributed by atoms with E-state index >= 15 is 0 Å². The Hall–Kier alpha value is -2.60. The highest BCUT2D eigenvalue weighted by molar-refractivity contribution is 5.87. The van der Waals surface area contributed by atoms with Crippen LogP contribution in [0.3, 0.4) is 0 Å². The number of nitrogens with zero attached hydrogens (tertiary/aromatic N) is 1. The van der Waals surface area contributed by atoms with Crippen molar-refractivity contribution < 1.29 is 19.1 Å². The van der Waals surface area contributed by atoms with Crippen molar-refractivity contribution >= 4 is 11.8 Å². The van der Waals surface area contributed by atoms with Gasteiger partial charge in [0.2, 0.25) is 11.8 Å². The van der Waals surface area contributed by atoms with Crippen molar-refractivity contribution in [3.8, 4) is 0 Å². The number of hydrogen-bond donors (Lipinski definition) is 2. The normalized spacial score (nSPS) is 19.0. The third kappa shape index (κ3) is 3.58. The van der Waals surface area contributed by atoms with Gasteiger partial charge in [0.15, 0.2) is 0 Å². The minimum absolute atomic E-state index is 0.00321. The van der Waals surface area contributed by atoms with Crippen molar-refractivity contribution in [1.82, 2.24) is 10.2 Å². The van der Waals surface area contributed by atoms with Gasteiger partial charge < -0.3 is 19.7 Å². The predicted octanol–water partition coefficient (Wildman–Crippen LogP) is 1.58. The molecule has 1 aliphatic rings. The molecule has 0 unspecified atom stereocenters. The second kappa shape index (κ2) is 6.72. The Bertz CT molecular complexity index is 767. The molecule has 0 bridgehead atoms. The first-order valence-corrected chi connectivity index (χ1v) is 8.26. The quantitative estimate of drug-likeness (QED) is 0.884. The average Bonchev–Trinajstić information content (AvgIpc) is 3.14. The van der Waals surface area contributed by atoms with E-state index in [2.05, 4.69) is 5.32 Å². The highest BCUT2D eigenvalue weighted by Crippen LogP contribution is 2.24. The van der Waals surface area contributed by atoms with Crippen molar-refractivity contribution in [3.63, 3.8) is 0 Å². The summed E-state index contributed by atoms with van der Waals surface area (Å²) in [5.41, 5.74) is 0.814. The van der Waals surface area contributed by atoms with Crippen LogP contribution >= 0.6 is 0 Å². The van der Waals surface area contributed by atoms with Gasteiger partial charge in [0.1, 0.15) is 17.4 Å². The molecule has 2 atom stereocenters. The lowest BCUT2D eigenvalue weighted by atomic mass is 9.93. The van der Waals surface area contributed by atoms with Crippen molar-refractivity contribution in [2.75, 3.05) is 6.54 Å². The first-order valence-electron chi connectivity index (χ1n) is 8.26. The summed E-state index contributed by atoms with van der Waals surface area (Å²) < 4.78 is 5.22. The van der Waals surface area contributed by atoms with Gasteiger partial charge >= 0.3 is 0 Å². The standard InChI is InChI=1S/C19H22N2O4/c1-13(22)21-11-15-7-4-3-6-14(15)10-16(21)18(23)20-12-19(2,24)17-8-5-9-25-17/h3-9,16,24H,10-12H2,1-2H3,(H,20,23)/t16-,19-/m0/s1. The molecule has 1 aromatic heterocycles. The average molecular weight is 342 g/mol. The molecule has 6 heteroatoms. The van der Waals surface area contributed by atoms with Crippen molar-refractivity contribution in [2.45, 2.75) is 38.5 Å². The molecular weight excluding hydrogens is 320 g/mol. The van der Waals surface area contributed by atoms with E-state index < -0.39 is 11.6 Å². The maximum atomic E-state index is 12.7. The second-order valence-corrected chi connectivity index (χ2v) is 6.60. The molecule has 0 spiro atoms. The molecule has 1 aromatic carbocycles. The Labute approximate surface area is 146 Å². The Morgan fingerprint density at radius 3 is 2.64 bits per heavy atom. The van der Waals surface area contributed by atoms with Crippen LogP contribution in [-0.2, 0) is 28.2 Å². The molecule has 0 aliphatic carbocycles. The first-order chi connectivity index (χ1) is 11.9. The number of carbonyl (C=O) groups is 2. The Balaban J connectivity index is 1.73. The minimum Gasteiger partial charge on any atom is -0.466 e. The highest BCUT2D eigenvalue weighted by atomic mass is 16.4.